The van der Waals surface area contributed by atoms with Crippen molar-refractivity contribution >= 4 is 7.82 Å². The first-order chi connectivity index (χ1) is 7.26. The third-order valence-corrected chi connectivity index (χ3v) is 2.55. The van der Waals surface area contributed by atoms with E-state index < -0.39 is 45.1 Å². The number of ether oxygens (including phenoxy) is 1. The molecule has 1 aliphatic rings. The zero-order chi connectivity index (χ0) is 12.5. The van der Waals surface area contributed by atoms with Gasteiger partial charge in [0.25, 0.3) is 0 Å². The van der Waals surface area contributed by atoms with E-state index in [0.717, 1.165) is 0 Å². The number of aliphatic hydroxyl groups excluding tert-OH is 4. The summed E-state index contributed by atoms with van der Waals surface area (Å²) in [5.74, 6) is 0. The molecule has 1 rings (SSSR count). The van der Waals surface area contributed by atoms with Crippen molar-refractivity contribution in [1.82, 2.24) is 0 Å². The van der Waals surface area contributed by atoms with Crippen molar-refractivity contribution in [1.29, 1.82) is 0 Å². The fourth-order valence-corrected chi connectivity index (χ4v) is 1.71. The molecule has 0 aromatic carbocycles. The van der Waals surface area contributed by atoms with Gasteiger partial charge in [0.05, 0.1) is 14.4 Å². The maximum Gasteiger partial charge on any atom is 1.00 e. The summed E-state index contributed by atoms with van der Waals surface area (Å²) in [4.78, 5) is 20.6. The van der Waals surface area contributed by atoms with Crippen molar-refractivity contribution in [3.8, 4) is 0 Å². The topological polar surface area (TPSA) is 163 Å². The number of rotatable bonds is 3. The first-order valence-corrected chi connectivity index (χ1v) is 5.73. The van der Waals surface area contributed by atoms with Gasteiger partial charge in [-0.15, -0.1) is 0 Å². The minimum atomic E-state index is -5.41. The maximum atomic E-state index is 10.3. The molecule has 1 aliphatic heterocycles. The van der Waals surface area contributed by atoms with Gasteiger partial charge in [-0.25, -0.2) is 0 Å². The summed E-state index contributed by atoms with van der Waals surface area (Å²) in [5.41, 5.74) is 0. The van der Waals surface area contributed by atoms with Crippen LogP contribution in [0.2, 0.25) is 0 Å². The summed E-state index contributed by atoms with van der Waals surface area (Å²) in [6.07, 6.45) is -8.61. The van der Waals surface area contributed by atoms with E-state index in [1.807, 2.05) is 0 Å². The van der Waals surface area contributed by atoms with Crippen LogP contribution in [0.1, 0.15) is 0 Å². The van der Waals surface area contributed by atoms with Crippen molar-refractivity contribution in [2.24, 2.45) is 0 Å². The molecule has 0 bridgehead atoms. The van der Waals surface area contributed by atoms with E-state index in [-0.39, 0.29) is 59.1 Å². The van der Waals surface area contributed by atoms with Crippen molar-refractivity contribution in [3.63, 3.8) is 0 Å². The van der Waals surface area contributed by atoms with E-state index in [1.165, 1.54) is 0 Å². The monoisotopic (exact) mass is 304 g/mol. The van der Waals surface area contributed by atoms with Gasteiger partial charge in [0.2, 0.25) is 0 Å². The van der Waals surface area contributed by atoms with Crippen LogP contribution in [0.5, 0.6) is 0 Å². The largest absolute Gasteiger partial charge is 1.00 e. The molecule has 9 nitrogen and oxygen atoms in total. The molecule has 0 aromatic heterocycles. The molecule has 12 heteroatoms. The first-order valence-electron chi connectivity index (χ1n) is 4.27. The number of aliphatic hydroxyl groups is 4. The standard InChI is InChI=1S/C6H13O9P.2Na/c7-1-2-3(8)4(9)5(10)6(14-2)15-16(11,12)13;;/h2-10H,1H2,(H2,11,12,13);;/q;2*+1/p-2/t2-,3-,4-,5-,6-;;/m1../s1. The van der Waals surface area contributed by atoms with E-state index in [1.54, 1.807) is 0 Å². The fourth-order valence-electron chi connectivity index (χ4n) is 1.28. The second-order valence-corrected chi connectivity index (χ2v) is 4.36. The second kappa shape index (κ2) is 9.04. The maximum absolute atomic E-state index is 10.3. The van der Waals surface area contributed by atoms with Gasteiger partial charge in [-0.05, 0) is 0 Å². The van der Waals surface area contributed by atoms with Crippen LogP contribution in [0.25, 0.3) is 0 Å². The van der Waals surface area contributed by atoms with Crippen LogP contribution in [0.15, 0.2) is 0 Å². The van der Waals surface area contributed by atoms with Gasteiger partial charge in [-0.2, -0.15) is 0 Å². The summed E-state index contributed by atoms with van der Waals surface area (Å²) in [6.45, 7) is -0.743. The van der Waals surface area contributed by atoms with Gasteiger partial charge in [0.15, 0.2) is 6.29 Å². The predicted molar refractivity (Wildman–Crippen MR) is 42.5 cm³/mol. The zero-order valence-corrected chi connectivity index (χ0v) is 14.8. The molecule has 1 fully saturated rings. The quantitative estimate of drug-likeness (QED) is 0.293. The van der Waals surface area contributed by atoms with Crippen molar-refractivity contribution in [2.45, 2.75) is 30.7 Å². The minimum Gasteiger partial charge on any atom is -0.790 e. The van der Waals surface area contributed by atoms with Crippen LogP contribution in [0.4, 0.5) is 0 Å². The van der Waals surface area contributed by atoms with E-state index in [9.17, 15) is 29.7 Å². The third kappa shape index (κ3) is 6.13. The predicted octanol–water partition coefficient (Wildman–Crippen LogP) is -10.4. The molecule has 0 radical (unpaired) electrons. The van der Waals surface area contributed by atoms with Crippen LogP contribution in [-0.4, -0.2) is 57.7 Å². The molecule has 0 aliphatic carbocycles. The number of phosphoric acid groups is 1. The van der Waals surface area contributed by atoms with Crippen LogP contribution in [0, 0.1) is 0 Å². The second-order valence-electron chi connectivity index (χ2n) is 3.25. The van der Waals surface area contributed by atoms with Crippen LogP contribution >= 0.6 is 7.82 Å². The Balaban J connectivity index is 0. The van der Waals surface area contributed by atoms with Gasteiger partial charge in [-0.1, -0.05) is 0 Å². The molecular formula is C6H11Na2O9P. The Morgan fingerprint density at radius 3 is 2.00 bits per heavy atom. The number of phosphoric ester groups is 1. The number of hydrogen-bond donors (Lipinski definition) is 4. The summed E-state index contributed by atoms with van der Waals surface area (Å²) in [7, 11) is -5.41. The minimum absolute atomic E-state index is 0. The van der Waals surface area contributed by atoms with E-state index in [4.69, 9.17) is 5.11 Å². The van der Waals surface area contributed by atoms with Gasteiger partial charge >= 0.3 is 59.1 Å². The first kappa shape index (κ1) is 22.2. The molecule has 0 aromatic rings. The third-order valence-electron chi connectivity index (χ3n) is 2.08. The van der Waals surface area contributed by atoms with Crippen LogP contribution in [-0.2, 0) is 13.8 Å². The SMILES string of the molecule is O=P([O-])([O-])O[C@H]1O[C@H](CO)[C@@H](O)[C@@H](O)[C@H]1O.[Na+].[Na+]. The Bertz CT molecular complexity index is 284. The molecule has 0 unspecified atom stereocenters. The number of hydrogen-bond acceptors (Lipinski definition) is 9. The summed E-state index contributed by atoms with van der Waals surface area (Å²) < 4.78 is 18.7. The Kier molecular flexibility index (Phi) is 11.1. The Morgan fingerprint density at radius 2 is 1.61 bits per heavy atom. The van der Waals surface area contributed by atoms with Gasteiger partial charge in [0.1, 0.15) is 24.4 Å². The van der Waals surface area contributed by atoms with Crippen molar-refractivity contribution < 1.29 is 103 Å². The van der Waals surface area contributed by atoms with E-state index in [2.05, 4.69) is 9.26 Å². The molecule has 18 heavy (non-hydrogen) atoms. The molecule has 0 saturated carbocycles. The Labute approximate surface area is 147 Å². The summed E-state index contributed by atoms with van der Waals surface area (Å²) in [6, 6.07) is 0. The summed E-state index contributed by atoms with van der Waals surface area (Å²) >= 11 is 0. The molecule has 1 heterocycles. The molecular weight excluding hydrogens is 293 g/mol. The van der Waals surface area contributed by atoms with Gasteiger partial charge in [-0.3, -0.25) is 0 Å². The fraction of sp³-hybridized carbons (Fsp3) is 1.00. The molecule has 0 amide bonds. The Hall–Kier alpha value is 1.91. The average Bonchev–Trinajstić information content (AvgIpc) is 2.17. The van der Waals surface area contributed by atoms with Crippen LogP contribution < -0.4 is 68.9 Å². The molecule has 1 saturated heterocycles. The van der Waals surface area contributed by atoms with Crippen molar-refractivity contribution in [2.75, 3.05) is 6.61 Å². The van der Waals surface area contributed by atoms with Gasteiger partial charge in [0, 0.05) is 0 Å². The average molecular weight is 304 g/mol. The van der Waals surface area contributed by atoms with Crippen molar-refractivity contribution in [3.05, 3.63) is 0 Å². The smallest absolute Gasteiger partial charge is 0.790 e. The Morgan fingerprint density at radius 1 is 1.11 bits per heavy atom. The van der Waals surface area contributed by atoms with E-state index in [0.29, 0.717) is 0 Å². The molecule has 4 N–H and O–H groups in total. The van der Waals surface area contributed by atoms with E-state index >= 15 is 0 Å². The van der Waals surface area contributed by atoms with Crippen LogP contribution in [0.3, 0.4) is 0 Å². The molecule has 96 valence electrons. The normalized spacial score (nSPS) is 36.4. The molecule has 5 atom stereocenters. The van der Waals surface area contributed by atoms with Gasteiger partial charge < -0.3 is 44.0 Å². The summed E-state index contributed by atoms with van der Waals surface area (Å²) in [5, 5.41) is 36.5. The molecule has 0 spiro atoms. The zero-order valence-electron chi connectivity index (χ0n) is 9.87.